The molecule has 0 aliphatic heterocycles. The third-order valence-corrected chi connectivity index (χ3v) is 3.23. The number of benzene rings is 1. The lowest BCUT2D eigenvalue weighted by atomic mass is 9.99. The SMILES string of the molecule is Cc1nsc2cccc(C(C)C)c12. The van der Waals surface area contributed by atoms with Gasteiger partial charge in [0.2, 0.25) is 0 Å². The monoisotopic (exact) mass is 191 g/mol. The van der Waals surface area contributed by atoms with Crippen LogP contribution in [0.1, 0.15) is 31.0 Å². The molecule has 0 bridgehead atoms. The first-order chi connectivity index (χ1) is 6.20. The van der Waals surface area contributed by atoms with Crippen LogP contribution in [0.5, 0.6) is 0 Å². The summed E-state index contributed by atoms with van der Waals surface area (Å²) >= 11 is 1.60. The zero-order chi connectivity index (χ0) is 9.42. The largest absolute Gasteiger partial charge is 0.197 e. The maximum atomic E-state index is 4.38. The standard InChI is InChI=1S/C11H13NS/c1-7(2)9-5-4-6-10-11(9)8(3)12-13-10/h4-7H,1-3H3. The molecule has 0 aliphatic carbocycles. The van der Waals surface area contributed by atoms with Gasteiger partial charge in [0.1, 0.15) is 0 Å². The van der Waals surface area contributed by atoms with E-state index in [9.17, 15) is 0 Å². The second-order valence-corrected chi connectivity index (χ2v) is 4.45. The van der Waals surface area contributed by atoms with Gasteiger partial charge in [0, 0.05) is 5.39 Å². The molecule has 0 radical (unpaired) electrons. The molecule has 0 unspecified atom stereocenters. The number of hydrogen-bond donors (Lipinski definition) is 0. The van der Waals surface area contributed by atoms with Crippen LogP contribution in [0.25, 0.3) is 10.1 Å². The number of aromatic nitrogens is 1. The normalized spacial score (nSPS) is 11.4. The van der Waals surface area contributed by atoms with E-state index in [4.69, 9.17) is 0 Å². The van der Waals surface area contributed by atoms with Gasteiger partial charge in [-0.3, -0.25) is 0 Å². The molecule has 1 aromatic carbocycles. The van der Waals surface area contributed by atoms with Crippen LogP contribution in [0, 0.1) is 6.92 Å². The zero-order valence-electron chi connectivity index (χ0n) is 8.16. The third kappa shape index (κ3) is 1.35. The second kappa shape index (κ2) is 3.11. The van der Waals surface area contributed by atoms with Crippen LogP contribution < -0.4 is 0 Å². The Labute approximate surface area is 82.6 Å². The lowest BCUT2D eigenvalue weighted by molar-refractivity contribution is 0.875. The average molecular weight is 191 g/mol. The van der Waals surface area contributed by atoms with Gasteiger partial charge in [-0.15, -0.1) is 0 Å². The minimum atomic E-state index is 0.582. The fourth-order valence-corrected chi connectivity index (χ4v) is 2.48. The first-order valence-electron chi connectivity index (χ1n) is 4.55. The van der Waals surface area contributed by atoms with Crippen molar-refractivity contribution in [2.75, 3.05) is 0 Å². The minimum absolute atomic E-state index is 0.582. The molecule has 1 heterocycles. The van der Waals surface area contributed by atoms with Crippen LogP contribution in [-0.2, 0) is 0 Å². The Morgan fingerprint density at radius 1 is 1.31 bits per heavy atom. The van der Waals surface area contributed by atoms with Crippen molar-refractivity contribution in [3.8, 4) is 0 Å². The van der Waals surface area contributed by atoms with Crippen molar-refractivity contribution in [1.82, 2.24) is 4.37 Å². The average Bonchev–Trinajstić information content (AvgIpc) is 2.48. The molecule has 2 heteroatoms. The molecular weight excluding hydrogens is 178 g/mol. The summed E-state index contributed by atoms with van der Waals surface area (Å²) in [6.45, 7) is 6.54. The smallest absolute Gasteiger partial charge is 0.0592 e. The molecule has 0 aliphatic rings. The van der Waals surface area contributed by atoms with E-state index >= 15 is 0 Å². The molecule has 2 rings (SSSR count). The lowest BCUT2D eigenvalue weighted by Gasteiger charge is -2.06. The van der Waals surface area contributed by atoms with Crippen LogP contribution in [0.4, 0.5) is 0 Å². The molecule has 0 saturated carbocycles. The van der Waals surface area contributed by atoms with E-state index in [0.717, 1.165) is 0 Å². The van der Waals surface area contributed by atoms with Gasteiger partial charge in [0.25, 0.3) is 0 Å². The van der Waals surface area contributed by atoms with Gasteiger partial charge in [-0.1, -0.05) is 26.0 Å². The van der Waals surface area contributed by atoms with Crippen LogP contribution in [0.2, 0.25) is 0 Å². The van der Waals surface area contributed by atoms with Crippen molar-refractivity contribution in [3.63, 3.8) is 0 Å². The zero-order valence-corrected chi connectivity index (χ0v) is 8.98. The topological polar surface area (TPSA) is 12.9 Å². The Bertz CT molecular complexity index is 429. The fraction of sp³-hybridized carbons (Fsp3) is 0.364. The highest BCUT2D eigenvalue weighted by Crippen LogP contribution is 2.29. The quantitative estimate of drug-likeness (QED) is 0.669. The van der Waals surface area contributed by atoms with Crippen molar-refractivity contribution < 1.29 is 0 Å². The van der Waals surface area contributed by atoms with Crippen molar-refractivity contribution in [3.05, 3.63) is 29.5 Å². The molecular formula is C11H13NS. The summed E-state index contributed by atoms with van der Waals surface area (Å²) in [4.78, 5) is 0. The molecule has 0 N–H and O–H groups in total. The van der Waals surface area contributed by atoms with Crippen LogP contribution in [-0.4, -0.2) is 4.37 Å². The molecule has 2 aromatic rings. The van der Waals surface area contributed by atoms with E-state index in [0.29, 0.717) is 5.92 Å². The number of aryl methyl sites for hydroxylation is 1. The van der Waals surface area contributed by atoms with Crippen LogP contribution >= 0.6 is 11.5 Å². The highest BCUT2D eigenvalue weighted by atomic mass is 32.1. The summed E-state index contributed by atoms with van der Waals surface area (Å²) in [6.07, 6.45) is 0. The van der Waals surface area contributed by atoms with Crippen molar-refractivity contribution >= 4 is 21.6 Å². The third-order valence-electron chi connectivity index (χ3n) is 2.32. The summed E-state index contributed by atoms with van der Waals surface area (Å²) in [7, 11) is 0. The Hall–Kier alpha value is -0.890. The first kappa shape index (κ1) is 8.70. The summed E-state index contributed by atoms with van der Waals surface area (Å²) < 4.78 is 5.69. The fourth-order valence-electron chi connectivity index (χ4n) is 1.66. The van der Waals surface area contributed by atoms with Gasteiger partial charge in [-0.05, 0) is 36.0 Å². The van der Waals surface area contributed by atoms with Crippen molar-refractivity contribution in [2.45, 2.75) is 26.7 Å². The minimum Gasteiger partial charge on any atom is -0.197 e. The molecule has 0 amide bonds. The number of fused-ring (bicyclic) bond motifs is 1. The van der Waals surface area contributed by atoms with Gasteiger partial charge in [0.15, 0.2) is 0 Å². The Balaban J connectivity index is 2.80. The summed E-state index contributed by atoms with van der Waals surface area (Å²) in [5, 5.41) is 1.36. The molecule has 1 aromatic heterocycles. The van der Waals surface area contributed by atoms with E-state index in [1.54, 1.807) is 11.5 Å². The number of rotatable bonds is 1. The summed E-state index contributed by atoms with van der Waals surface area (Å²) in [6, 6.07) is 6.47. The molecule has 0 fully saturated rings. The van der Waals surface area contributed by atoms with E-state index in [2.05, 4.69) is 43.3 Å². The maximum absolute atomic E-state index is 4.38. The van der Waals surface area contributed by atoms with Crippen LogP contribution in [0.15, 0.2) is 18.2 Å². The lowest BCUT2D eigenvalue weighted by Crippen LogP contribution is -1.88. The molecule has 0 spiro atoms. The maximum Gasteiger partial charge on any atom is 0.0592 e. The Morgan fingerprint density at radius 2 is 2.08 bits per heavy atom. The van der Waals surface area contributed by atoms with Crippen molar-refractivity contribution in [2.24, 2.45) is 0 Å². The highest BCUT2D eigenvalue weighted by molar-refractivity contribution is 7.13. The van der Waals surface area contributed by atoms with Gasteiger partial charge in [-0.2, -0.15) is 4.37 Å². The highest BCUT2D eigenvalue weighted by Gasteiger charge is 2.09. The predicted octanol–water partition coefficient (Wildman–Crippen LogP) is 3.73. The van der Waals surface area contributed by atoms with Crippen LogP contribution in [0.3, 0.4) is 0 Å². The van der Waals surface area contributed by atoms with E-state index in [-0.39, 0.29) is 0 Å². The summed E-state index contributed by atoms with van der Waals surface area (Å²) in [5.41, 5.74) is 2.59. The molecule has 0 atom stereocenters. The van der Waals surface area contributed by atoms with Crippen molar-refractivity contribution in [1.29, 1.82) is 0 Å². The number of nitrogens with zero attached hydrogens (tertiary/aromatic N) is 1. The van der Waals surface area contributed by atoms with Gasteiger partial charge < -0.3 is 0 Å². The molecule has 13 heavy (non-hydrogen) atoms. The second-order valence-electron chi connectivity index (χ2n) is 3.64. The molecule has 68 valence electrons. The van der Waals surface area contributed by atoms with E-state index in [1.807, 2.05) is 0 Å². The Morgan fingerprint density at radius 3 is 2.77 bits per heavy atom. The molecule has 0 saturated heterocycles. The predicted molar refractivity (Wildman–Crippen MR) is 58.4 cm³/mol. The van der Waals surface area contributed by atoms with E-state index < -0.39 is 0 Å². The van der Waals surface area contributed by atoms with Gasteiger partial charge in [-0.25, -0.2) is 0 Å². The van der Waals surface area contributed by atoms with E-state index in [1.165, 1.54) is 21.3 Å². The number of hydrogen-bond acceptors (Lipinski definition) is 2. The Kier molecular flexibility index (Phi) is 2.08. The first-order valence-corrected chi connectivity index (χ1v) is 5.32. The molecule has 1 nitrogen and oxygen atoms in total. The van der Waals surface area contributed by atoms with Gasteiger partial charge >= 0.3 is 0 Å². The van der Waals surface area contributed by atoms with Gasteiger partial charge in [0.05, 0.1) is 10.4 Å². The summed E-state index contributed by atoms with van der Waals surface area (Å²) in [5.74, 6) is 0.582.